The molecule has 2 amide bonds. The maximum absolute atomic E-state index is 11.7. The lowest BCUT2D eigenvalue weighted by Crippen LogP contribution is -2.47. The van der Waals surface area contributed by atoms with E-state index in [0.29, 0.717) is 6.42 Å². The van der Waals surface area contributed by atoms with Gasteiger partial charge in [-0.05, 0) is 13.3 Å². The van der Waals surface area contributed by atoms with Crippen LogP contribution < -0.4 is 5.32 Å². The lowest BCUT2D eigenvalue weighted by Gasteiger charge is -2.22. The minimum atomic E-state index is -1.03. The first-order valence-electron chi connectivity index (χ1n) is 6.06. The molecule has 0 aliphatic carbocycles. The average molecular weight is 255 g/mol. The summed E-state index contributed by atoms with van der Waals surface area (Å²) in [6, 6.07) is 0.702. The first-order chi connectivity index (χ1) is 8.42. The number of carboxylic acids is 1. The normalized spacial score (nSPS) is 13.2. The number of amides is 2. The predicted molar refractivity (Wildman–Crippen MR) is 66.9 cm³/mol. The smallest absolute Gasteiger partial charge is 0.326 e. The molecule has 0 fully saturated rings. The fraction of sp³-hybridized carbons (Fsp3) is 0.750. The van der Waals surface area contributed by atoms with Crippen molar-refractivity contribution in [1.29, 1.82) is 5.26 Å². The van der Waals surface area contributed by atoms with Gasteiger partial charge in [-0.2, -0.15) is 5.26 Å². The standard InChI is InChI=1S/C12H21N3O3/c1-4-5-6-10(11(16)17)14-12(18)15(3)8-9(2)7-13/h9-10H,4-6,8H2,1-3H3,(H,14,18)(H,16,17)/t9?,10-/m0/s1. The zero-order valence-corrected chi connectivity index (χ0v) is 11.1. The number of hydrogen-bond acceptors (Lipinski definition) is 3. The molecule has 0 rings (SSSR count). The van der Waals surface area contributed by atoms with Gasteiger partial charge in [-0.15, -0.1) is 0 Å². The third-order valence-corrected chi connectivity index (χ3v) is 2.56. The number of carbonyl (C=O) groups excluding carboxylic acids is 1. The molecule has 18 heavy (non-hydrogen) atoms. The highest BCUT2D eigenvalue weighted by atomic mass is 16.4. The SMILES string of the molecule is CCCC[C@H](NC(=O)N(C)CC(C)C#N)C(=O)O. The van der Waals surface area contributed by atoms with Gasteiger partial charge >= 0.3 is 12.0 Å². The zero-order chi connectivity index (χ0) is 14.1. The van der Waals surface area contributed by atoms with Crippen LogP contribution in [0.2, 0.25) is 0 Å². The third-order valence-electron chi connectivity index (χ3n) is 2.56. The van der Waals surface area contributed by atoms with Crippen LogP contribution in [0.1, 0.15) is 33.1 Å². The van der Waals surface area contributed by atoms with Gasteiger partial charge in [0.1, 0.15) is 6.04 Å². The topological polar surface area (TPSA) is 93.4 Å². The molecule has 2 atom stereocenters. The van der Waals surface area contributed by atoms with E-state index in [1.165, 1.54) is 4.90 Å². The van der Waals surface area contributed by atoms with E-state index >= 15 is 0 Å². The first kappa shape index (κ1) is 16.2. The van der Waals surface area contributed by atoms with Gasteiger partial charge in [0.15, 0.2) is 0 Å². The van der Waals surface area contributed by atoms with Crippen molar-refractivity contribution < 1.29 is 14.7 Å². The van der Waals surface area contributed by atoms with Crippen LogP contribution >= 0.6 is 0 Å². The van der Waals surface area contributed by atoms with Crippen molar-refractivity contribution in [2.24, 2.45) is 5.92 Å². The number of aliphatic carboxylic acids is 1. The summed E-state index contributed by atoms with van der Waals surface area (Å²) in [7, 11) is 1.54. The summed E-state index contributed by atoms with van der Waals surface area (Å²) in [6.07, 6.45) is 2.04. The van der Waals surface area contributed by atoms with E-state index in [0.717, 1.165) is 12.8 Å². The number of nitriles is 1. The van der Waals surface area contributed by atoms with Crippen LogP contribution in [0.25, 0.3) is 0 Å². The van der Waals surface area contributed by atoms with E-state index < -0.39 is 18.0 Å². The van der Waals surface area contributed by atoms with Crippen molar-refractivity contribution >= 4 is 12.0 Å². The summed E-state index contributed by atoms with van der Waals surface area (Å²) in [5.41, 5.74) is 0. The van der Waals surface area contributed by atoms with Crippen molar-refractivity contribution in [3.05, 3.63) is 0 Å². The second kappa shape index (κ2) is 8.34. The Bertz CT molecular complexity index is 325. The van der Waals surface area contributed by atoms with Gasteiger partial charge in [0.25, 0.3) is 0 Å². The quantitative estimate of drug-likeness (QED) is 0.719. The number of urea groups is 1. The Balaban J connectivity index is 4.32. The molecule has 0 heterocycles. The second-order valence-electron chi connectivity index (χ2n) is 4.39. The predicted octanol–water partition coefficient (Wildman–Crippen LogP) is 1.43. The Morgan fingerprint density at radius 2 is 2.11 bits per heavy atom. The maximum Gasteiger partial charge on any atom is 0.326 e. The Labute approximate surface area is 108 Å². The molecular weight excluding hydrogens is 234 g/mol. The van der Waals surface area contributed by atoms with Crippen LogP contribution in [0.15, 0.2) is 0 Å². The molecule has 0 saturated carbocycles. The van der Waals surface area contributed by atoms with Gasteiger partial charge in [0.2, 0.25) is 0 Å². The Morgan fingerprint density at radius 1 is 1.50 bits per heavy atom. The summed E-state index contributed by atoms with van der Waals surface area (Å²) in [5, 5.41) is 20.1. The van der Waals surface area contributed by atoms with Gasteiger partial charge < -0.3 is 15.3 Å². The Kier molecular flexibility index (Phi) is 7.52. The highest BCUT2D eigenvalue weighted by molar-refractivity contribution is 5.82. The number of nitrogens with one attached hydrogen (secondary N) is 1. The summed E-state index contributed by atoms with van der Waals surface area (Å²) in [6.45, 7) is 3.94. The lowest BCUT2D eigenvalue weighted by molar-refractivity contribution is -0.139. The number of rotatable bonds is 7. The molecule has 0 saturated heterocycles. The Hall–Kier alpha value is -1.77. The highest BCUT2D eigenvalue weighted by Gasteiger charge is 2.21. The average Bonchev–Trinajstić information content (AvgIpc) is 2.33. The van der Waals surface area contributed by atoms with Gasteiger partial charge in [-0.1, -0.05) is 19.8 Å². The maximum atomic E-state index is 11.7. The highest BCUT2D eigenvalue weighted by Crippen LogP contribution is 2.03. The van der Waals surface area contributed by atoms with Crippen molar-refractivity contribution in [3.8, 4) is 6.07 Å². The summed E-state index contributed by atoms with van der Waals surface area (Å²) in [4.78, 5) is 24.0. The summed E-state index contributed by atoms with van der Waals surface area (Å²) < 4.78 is 0. The van der Waals surface area contributed by atoms with Crippen molar-refractivity contribution in [3.63, 3.8) is 0 Å². The van der Waals surface area contributed by atoms with Gasteiger partial charge in [0, 0.05) is 13.6 Å². The van der Waals surface area contributed by atoms with E-state index in [4.69, 9.17) is 10.4 Å². The first-order valence-corrected chi connectivity index (χ1v) is 6.06. The number of nitrogens with zero attached hydrogens (tertiary/aromatic N) is 2. The summed E-state index contributed by atoms with van der Waals surface area (Å²) >= 11 is 0. The number of unbranched alkanes of at least 4 members (excludes halogenated alkanes) is 1. The molecule has 0 aromatic carbocycles. The fourth-order valence-corrected chi connectivity index (χ4v) is 1.46. The molecule has 2 N–H and O–H groups in total. The van der Waals surface area contributed by atoms with Crippen molar-refractivity contribution in [1.82, 2.24) is 10.2 Å². The molecule has 0 bridgehead atoms. The van der Waals surface area contributed by atoms with Crippen LogP contribution in [-0.4, -0.2) is 41.6 Å². The molecule has 0 aliphatic heterocycles. The van der Waals surface area contributed by atoms with Gasteiger partial charge in [-0.3, -0.25) is 0 Å². The second-order valence-corrected chi connectivity index (χ2v) is 4.39. The molecular formula is C12H21N3O3. The van der Waals surface area contributed by atoms with Crippen LogP contribution in [0.3, 0.4) is 0 Å². The van der Waals surface area contributed by atoms with Crippen LogP contribution in [-0.2, 0) is 4.79 Å². The van der Waals surface area contributed by atoms with E-state index in [9.17, 15) is 9.59 Å². The number of hydrogen-bond donors (Lipinski definition) is 2. The molecule has 0 radical (unpaired) electrons. The third kappa shape index (κ3) is 6.09. The van der Waals surface area contributed by atoms with Gasteiger partial charge in [-0.25, -0.2) is 9.59 Å². The van der Waals surface area contributed by atoms with Crippen LogP contribution in [0, 0.1) is 17.2 Å². The molecule has 0 aromatic heterocycles. The lowest BCUT2D eigenvalue weighted by atomic mass is 10.1. The van der Waals surface area contributed by atoms with E-state index in [1.54, 1.807) is 14.0 Å². The molecule has 102 valence electrons. The minimum Gasteiger partial charge on any atom is -0.480 e. The van der Waals surface area contributed by atoms with Crippen molar-refractivity contribution in [2.45, 2.75) is 39.2 Å². The Morgan fingerprint density at radius 3 is 2.56 bits per heavy atom. The zero-order valence-electron chi connectivity index (χ0n) is 11.1. The number of carboxylic acid groups (broad SMARTS) is 1. The van der Waals surface area contributed by atoms with E-state index in [1.807, 2.05) is 13.0 Å². The fourth-order valence-electron chi connectivity index (χ4n) is 1.46. The monoisotopic (exact) mass is 255 g/mol. The molecule has 0 aliphatic rings. The van der Waals surface area contributed by atoms with Gasteiger partial charge in [0.05, 0.1) is 12.0 Å². The molecule has 6 heteroatoms. The molecule has 6 nitrogen and oxygen atoms in total. The summed E-state index contributed by atoms with van der Waals surface area (Å²) in [5.74, 6) is -1.31. The number of carbonyl (C=O) groups is 2. The van der Waals surface area contributed by atoms with Crippen LogP contribution in [0.5, 0.6) is 0 Å². The van der Waals surface area contributed by atoms with E-state index in [-0.39, 0.29) is 12.5 Å². The largest absolute Gasteiger partial charge is 0.480 e. The minimum absolute atomic E-state index is 0.278. The van der Waals surface area contributed by atoms with Crippen molar-refractivity contribution in [2.75, 3.05) is 13.6 Å². The van der Waals surface area contributed by atoms with E-state index in [2.05, 4.69) is 5.32 Å². The molecule has 1 unspecified atom stereocenters. The molecule has 0 spiro atoms. The van der Waals surface area contributed by atoms with Crippen LogP contribution in [0.4, 0.5) is 4.79 Å². The molecule has 0 aromatic rings.